The van der Waals surface area contributed by atoms with Crippen LogP contribution >= 0.6 is 0 Å². The van der Waals surface area contributed by atoms with Crippen molar-refractivity contribution >= 4 is 49.4 Å². The Morgan fingerprint density at radius 1 is 0.442 bits per heavy atom. The van der Waals surface area contributed by atoms with Gasteiger partial charge in [0.05, 0.1) is 5.69 Å². The molecule has 0 aromatic heterocycles. The van der Waals surface area contributed by atoms with E-state index in [1.165, 1.54) is 147 Å². The molecule has 0 saturated heterocycles. The molecule has 3 aliphatic carbocycles. The average molecular weight is 676 g/mol. The third-order valence-corrected chi connectivity index (χ3v) is 13.2. The van der Waals surface area contributed by atoms with Gasteiger partial charge >= 0.3 is 0 Å². The summed E-state index contributed by atoms with van der Waals surface area (Å²) in [6, 6.07) is 49.3. The lowest BCUT2D eigenvalue weighted by atomic mass is 9.79. The Labute approximate surface area is 309 Å². The molecule has 2 fully saturated rings. The van der Waals surface area contributed by atoms with Gasteiger partial charge in [-0.1, -0.05) is 149 Å². The van der Waals surface area contributed by atoms with Crippen LogP contribution < -0.4 is 4.90 Å². The van der Waals surface area contributed by atoms with Crippen molar-refractivity contribution in [2.24, 2.45) is 0 Å². The van der Waals surface area contributed by atoms with Crippen LogP contribution in [0.2, 0.25) is 0 Å². The van der Waals surface area contributed by atoms with Crippen molar-refractivity contribution in [1.29, 1.82) is 0 Å². The summed E-state index contributed by atoms with van der Waals surface area (Å²) < 4.78 is 0. The van der Waals surface area contributed by atoms with Crippen LogP contribution in [0.5, 0.6) is 0 Å². The zero-order valence-corrected chi connectivity index (χ0v) is 30.8. The van der Waals surface area contributed by atoms with E-state index >= 15 is 0 Å². The fraction of sp³-hybridized carbons (Fsp3) is 0.294. The second-order valence-electron chi connectivity index (χ2n) is 16.5. The van der Waals surface area contributed by atoms with Crippen molar-refractivity contribution in [3.63, 3.8) is 0 Å². The molecule has 0 aliphatic heterocycles. The molecule has 3 aliphatic rings. The smallest absolute Gasteiger partial charge is 0.0543 e. The predicted octanol–water partition coefficient (Wildman–Crippen LogP) is 15.0. The van der Waals surface area contributed by atoms with Gasteiger partial charge in [0.2, 0.25) is 0 Å². The molecule has 2 saturated carbocycles. The van der Waals surface area contributed by atoms with Crippen molar-refractivity contribution in [1.82, 2.24) is 0 Å². The maximum Gasteiger partial charge on any atom is 0.0543 e. The summed E-state index contributed by atoms with van der Waals surface area (Å²) in [5.74, 6) is 1.38. The maximum absolute atomic E-state index is 2.56. The molecular weight excluding hydrogens is 627 g/mol. The molecule has 52 heavy (non-hydrogen) atoms. The zero-order valence-electron chi connectivity index (χ0n) is 30.8. The normalized spacial score (nSPS) is 17.4. The Morgan fingerprint density at radius 3 is 1.38 bits per heavy atom. The number of anilines is 3. The van der Waals surface area contributed by atoms with Crippen LogP contribution in [0.3, 0.4) is 0 Å². The van der Waals surface area contributed by atoms with Gasteiger partial charge in [-0.05, 0) is 128 Å². The highest BCUT2D eigenvalue weighted by molar-refractivity contribution is 6.22. The first-order valence-corrected chi connectivity index (χ1v) is 20.1. The Morgan fingerprint density at radius 2 is 0.865 bits per heavy atom. The summed E-state index contributed by atoms with van der Waals surface area (Å²) in [6.45, 7) is 4.92. The van der Waals surface area contributed by atoms with Gasteiger partial charge in [-0.3, -0.25) is 0 Å². The summed E-state index contributed by atoms with van der Waals surface area (Å²) in [6.07, 6.45) is 13.5. The van der Waals surface area contributed by atoms with Crippen LogP contribution in [0.1, 0.15) is 112 Å². The zero-order chi connectivity index (χ0) is 34.8. The van der Waals surface area contributed by atoms with E-state index in [-0.39, 0.29) is 5.41 Å². The molecule has 10 rings (SSSR count). The first-order valence-electron chi connectivity index (χ1n) is 20.1. The molecule has 258 valence electrons. The Bertz CT molecular complexity index is 2370. The molecular formula is C51H49N. The van der Waals surface area contributed by atoms with Crippen LogP contribution in [0.25, 0.3) is 43.4 Å². The molecule has 0 atom stereocenters. The maximum atomic E-state index is 2.56. The van der Waals surface area contributed by atoms with Gasteiger partial charge in [0, 0.05) is 22.2 Å². The first kappa shape index (κ1) is 31.8. The molecule has 0 spiro atoms. The molecule has 0 radical (unpaired) electrons. The number of benzene rings is 7. The lowest BCUT2D eigenvalue weighted by Crippen LogP contribution is -2.17. The summed E-state index contributed by atoms with van der Waals surface area (Å²) in [5.41, 5.74) is 12.3. The third kappa shape index (κ3) is 5.03. The quantitative estimate of drug-likeness (QED) is 0.164. The minimum absolute atomic E-state index is 0.186. The summed E-state index contributed by atoms with van der Waals surface area (Å²) in [5, 5.41) is 8.05. The van der Waals surface area contributed by atoms with Crippen LogP contribution in [0, 0.1) is 0 Å². The SMILES string of the molecule is CC1(C)c2cc(N(c3ccc(C4CCCCC4)cc3)c3ccc(C4CCCCC4)cc3)c3ccccc3c2-c2c1c1ccccc1c1ccccc21. The second-order valence-corrected chi connectivity index (χ2v) is 16.5. The molecule has 1 nitrogen and oxygen atoms in total. The van der Waals surface area contributed by atoms with Crippen LogP contribution in [-0.2, 0) is 5.41 Å². The topological polar surface area (TPSA) is 3.24 Å². The van der Waals surface area contributed by atoms with Gasteiger partial charge in [0.15, 0.2) is 0 Å². The second kappa shape index (κ2) is 12.7. The number of nitrogens with zero attached hydrogens (tertiary/aromatic N) is 1. The lowest BCUT2D eigenvalue weighted by molar-refractivity contribution is 0.443. The van der Waals surface area contributed by atoms with E-state index in [9.17, 15) is 0 Å². The number of hydrogen-bond donors (Lipinski definition) is 0. The van der Waals surface area contributed by atoms with E-state index in [2.05, 4.69) is 146 Å². The van der Waals surface area contributed by atoms with Crippen molar-refractivity contribution in [3.05, 3.63) is 150 Å². The average Bonchev–Trinajstić information content (AvgIpc) is 3.46. The van der Waals surface area contributed by atoms with E-state index in [0.717, 1.165) is 0 Å². The molecule has 0 amide bonds. The molecule has 7 aromatic carbocycles. The Hall–Kier alpha value is -4.88. The lowest BCUT2D eigenvalue weighted by Gasteiger charge is -2.31. The third-order valence-electron chi connectivity index (χ3n) is 13.2. The number of fused-ring (bicyclic) bond motifs is 10. The van der Waals surface area contributed by atoms with E-state index < -0.39 is 0 Å². The first-order chi connectivity index (χ1) is 25.6. The van der Waals surface area contributed by atoms with Gasteiger partial charge in [-0.2, -0.15) is 0 Å². The molecule has 1 heteroatoms. The number of rotatable bonds is 5. The highest BCUT2D eigenvalue weighted by Gasteiger charge is 2.40. The van der Waals surface area contributed by atoms with Gasteiger partial charge < -0.3 is 4.90 Å². The highest BCUT2D eigenvalue weighted by Crippen LogP contribution is 2.58. The molecule has 0 N–H and O–H groups in total. The van der Waals surface area contributed by atoms with Crippen molar-refractivity contribution in [3.8, 4) is 11.1 Å². The van der Waals surface area contributed by atoms with Crippen molar-refractivity contribution < 1.29 is 0 Å². The van der Waals surface area contributed by atoms with E-state index in [0.29, 0.717) is 11.8 Å². The minimum Gasteiger partial charge on any atom is -0.310 e. The largest absolute Gasteiger partial charge is 0.310 e. The highest BCUT2D eigenvalue weighted by atomic mass is 15.1. The van der Waals surface area contributed by atoms with E-state index in [1.807, 2.05) is 0 Å². The van der Waals surface area contributed by atoms with E-state index in [1.54, 1.807) is 0 Å². The Balaban J connectivity index is 1.20. The Kier molecular flexibility index (Phi) is 7.75. The van der Waals surface area contributed by atoms with E-state index in [4.69, 9.17) is 0 Å². The van der Waals surface area contributed by atoms with Gasteiger partial charge in [-0.25, -0.2) is 0 Å². The molecule has 7 aromatic rings. The monoisotopic (exact) mass is 675 g/mol. The van der Waals surface area contributed by atoms with Gasteiger partial charge in [-0.15, -0.1) is 0 Å². The molecule has 0 heterocycles. The molecule has 0 unspecified atom stereocenters. The fourth-order valence-electron chi connectivity index (χ4n) is 10.6. The minimum atomic E-state index is -0.186. The summed E-state index contributed by atoms with van der Waals surface area (Å²) >= 11 is 0. The summed E-state index contributed by atoms with van der Waals surface area (Å²) in [4.78, 5) is 2.56. The standard InChI is InChI=1S/C51H49N/c1-51(2)46-33-47(42-21-11-13-23-44(42)48(46)49-43-22-12-9-19-40(43)41-20-10-14-24-45(41)50(49)51)52(38-29-25-36(26-30-38)34-15-5-3-6-16-34)39-31-27-37(28-32-39)35-17-7-4-8-18-35/h9-14,19-35H,3-8,15-18H2,1-2H3. The van der Waals surface area contributed by atoms with Crippen LogP contribution in [0.4, 0.5) is 17.1 Å². The van der Waals surface area contributed by atoms with Crippen LogP contribution in [-0.4, -0.2) is 0 Å². The number of hydrogen-bond acceptors (Lipinski definition) is 1. The fourth-order valence-corrected chi connectivity index (χ4v) is 10.6. The van der Waals surface area contributed by atoms with Gasteiger partial charge in [0.25, 0.3) is 0 Å². The predicted molar refractivity (Wildman–Crippen MR) is 223 cm³/mol. The van der Waals surface area contributed by atoms with Gasteiger partial charge in [0.1, 0.15) is 0 Å². The van der Waals surface area contributed by atoms with Crippen LogP contribution in [0.15, 0.2) is 127 Å². The van der Waals surface area contributed by atoms with Crippen molar-refractivity contribution in [2.45, 2.75) is 95.3 Å². The summed E-state index contributed by atoms with van der Waals surface area (Å²) in [7, 11) is 0. The van der Waals surface area contributed by atoms with Crippen molar-refractivity contribution in [2.75, 3.05) is 4.90 Å². The molecule has 0 bridgehead atoms.